The van der Waals surface area contributed by atoms with Crippen molar-refractivity contribution in [1.82, 2.24) is 4.57 Å². The molecule has 11 rings (SSSR count). The second kappa shape index (κ2) is 9.19. The van der Waals surface area contributed by atoms with E-state index in [9.17, 15) is 0 Å². The zero-order valence-corrected chi connectivity index (χ0v) is 25.5. The Bertz CT molecular complexity index is 2830. The molecule has 0 aliphatic heterocycles. The van der Waals surface area contributed by atoms with Crippen molar-refractivity contribution >= 4 is 76.5 Å². The standard InChI is InChI=1S/C46H27N/c1-4-16-31-28(12-1)15-11-21-36(31)43-41-32-17-5-2-13-29(32)24-26-37(41)45-44(43)38-27-25-30-14-3-6-18-33(30)42(38)46(45)47-39-22-9-7-19-34(39)35-20-8-10-23-40(35)47/h1-27H. The van der Waals surface area contributed by atoms with Gasteiger partial charge in [0.15, 0.2) is 0 Å². The van der Waals surface area contributed by atoms with E-state index >= 15 is 0 Å². The van der Waals surface area contributed by atoms with Crippen molar-refractivity contribution in [2.24, 2.45) is 0 Å². The molecule has 216 valence electrons. The molecule has 1 heteroatoms. The summed E-state index contributed by atoms with van der Waals surface area (Å²) < 4.78 is 2.56. The molecule has 2 aliphatic rings. The van der Waals surface area contributed by atoms with Crippen LogP contribution in [0.15, 0.2) is 164 Å². The number of allylic oxidation sites excluding steroid dienone is 2. The number of benzene rings is 8. The molecule has 0 saturated carbocycles. The molecule has 8 aromatic carbocycles. The first-order valence-corrected chi connectivity index (χ1v) is 16.4. The third-order valence-corrected chi connectivity index (χ3v) is 10.5. The normalized spacial score (nSPS) is 13.8. The average molecular weight is 594 g/mol. The van der Waals surface area contributed by atoms with E-state index in [2.05, 4.69) is 168 Å². The number of hydrogen-bond donors (Lipinski definition) is 0. The SMILES string of the molecule is c1ccc2c(C3=C4C(=C(n5c6ccccc6c6ccccc65)c5c4ccc4ccccc54)c4ccc5ccccc5c43)cccc2c1. The molecular weight excluding hydrogens is 567 g/mol. The molecule has 1 heterocycles. The zero-order chi connectivity index (χ0) is 30.6. The molecule has 0 radical (unpaired) electrons. The van der Waals surface area contributed by atoms with Crippen molar-refractivity contribution in [2.45, 2.75) is 0 Å². The third-order valence-electron chi connectivity index (χ3n) is 10.5. The van der Waals surface area contributed by atoms with Gasteiger partial charge in [-0.25, -0.2) is 0 Å². The van der Waals surface area contributed by atoms with E-state index in [4.69, 9.17) is 0 Å². The lowest BCUT2D eigenvalue weighted by Gasteiger charge is -2.18. The fourth-order valence-corrected chi connectivity index (χ4v) is 8.61. The summed E-state index contributed by atoms with van der Waals surface area (Å²) >= 11 is 0. The first-order chi connectivity index (χ1) is 23.4. The van der Waals surface area contributed by atoms with E-state index < -0.39 is 0 Å². The van der Waals surface area contributed by atoms with Gasteiger partial charge in [0.05, 0.1) is 16.7 Å². The van der Waals surface area contributed by atoms with E-state index in [-0.39, 0.29) is 0 Å². The van der Waals surface area contributed by atoms with Crippen molar-refractivity contribution in [2.75, 3.05) is 0 Å². The van der Waals surface area contributed by atoms with Crippen LogP contribution >= 0.6 is 0 Å². The summed E-state index contributed by atoms with van der Waals surface area (Å²) in [7, 11) is 0. The Morgan fingerprint density at radius 3 is 1.38 bits per heavy atom. The maximum absolute atomic E-state index is 2.56. The molecule has 47 heavy (non-hydrogen) atoms. The summed E-state index contributed by atoms with van der Waals surface area (Å²) in [6.07, 6.45) is 0. The Labute approximate surface area is 271 Å². The van der Waals surface area contributed by atoms with E-state index in [0.29, 0.717) is 0 Å². The fourth-order valence-electron chi connectivity index (χ4n) is 8.61. The van der Waals surface area contributed by atoms with E-state index in [1.165, 1.54) is 104 Å². The van der Waals surface area contributed by atoms with Crippen molar-refractivity contribution in [3.63, 3.8) is 0 Å². The minimum Gasteiger partial charge on any atom is -0.308 e. The number of aromatic nitrogens is 1. The van der Waals surface area contributed by atoms with Gasteiger partial charge in [-0.2, -0.15) is 0 Å². The van der Waals surface area contributed by atoms with Gasteiger partial charge in [-0.3, -0.25) is 0 Å². The van der Waals surface area contributed by atoms with Gasteiger partial charge in [-0.15, -0.1) is 0 Å². The van der Waals surface area contributed by atoms with Crippen LogP contribution in [0.25, 0.3) is 76.5 Å². The first-order valence-electron chi connectivity index (χ1n) is 16.4. The molecule has 0 N–H and O–H groups in total. The molecule has 1 nitrogen and oxygen atoms in total. The van der Waals surface area contributed by atoms with Crippen LogP contribution in [0.5, 0.6) is 0 Å². The zero-order valence-electron chi connectivity index (χ0n) is 25.5. The van der Waals surface area contributed by atoms with Gasteiger partial charge in [-0.1, -0.05) is 152 Å². The van der Waals surface area contributed by atoms with E-state index in [1.807, 2.05) is 0 Å². The number of rotatable bonds is 2. The molecule has 0 amide bonds. The number of fused-ring (bicyclic) bond motifs is 13. The second-order valence-corrected chi connectivity index (χ2v) is 12.8. The molecule has 0 saturated heterocycles. The van der Waals surface area contributed by atoms with Crippen molar-refractivity contribution < 1.29 is 0 Å². The van der Waals surface area contributed by atoms with Crippen molar-refractivity contribution in [1.29, 1.82) is 0 Å². The Hall–Kier alpha value is -6.18. The highest BCUT2D eigenvalue weighted by atomic mass is 15.0. The third kappa shape index (κ3) is 3.23. The van der Waals surface area contributed by atoms with Crippen LogP contribution in [0.4, 0.5) is 0 Å². The van der Waals surface area contributed by atoms with Crippen LogP contribution < -0.4 is 0 Å². The molecule has 9 aromatic rings. The van der Waals surface area contributed by atoms with Gasteiger partial charge in [-0.05, 0) is 72.3 Å². The van der Waals surface area contributed by atoms with Crippen LogP contribution in [-0.4, -0.2) is 4.57 Å². The lowest BCUT2D eigenvalue weighted by Crippen LogP contribution is -2.01. The predicted molar refractivity (Wildman–Crippen MR) is 199 cm³/mol. The Morgan fingerprint density at radius 2 is 0.745 bits per heavy atom. The Kier molecular flexibility index (Phi) is 4.90. The second-order valence-electron chi connectivity index (χ2n) is 12.8. The smallest absolute Gasteiger partial charge is 0.0632 e. The topological polar surface area (TPSA) is 4.93 Å². The molecule has 0 unspecified atom stereocenters. The quantitative estimate of drug-likeness (QED) is 0.188. The highest BCUT2D eigenvalue weighted by molar-refractivity contribution is 6.38. The molecule has 1 aromatic heterocycles. The summed E-state index contributed by atoms with van der Waals surface area (Å²) in [4.78, 5) is 0. The van der Waals surface area contributed by atoms with Gasteiger partial charge >= 0.3 is 0 Å². The minimum atomic E-state index is 1.23. The monoisotopic (exact) mass is 593 g/mol. The lowest BCUT2D eigenvalue weighted by molar-refractivity contribution is 1.23. The molecule has 0 spiro atoms. The van der Waals surface area contributed by atoms with Gasteiger partial charge in [0.2, 0.25) is 0 Å². The number of para-hydroxylation sites is 2. The van der Waals surface area contributed by atoms with Crippen LogP contribution in [0.1, 0.15) is 27.8 Å². The average Bonchev–Trinajstić information content (AvgIpc) is 3.77. The Morgan fingerprint density at radius 1 is 0.277 bits per heavy atom. The predicted octanol–water partition coefficient (Wildman–Crippen LogP) is 12.0. The van der Waals surface area contributed by atoms with Crippen molar-refractivity contribution in [3.05, 3.63) is 192 Å². The Balaban J connectivity index is 1.42. The van der Waals surface area contributed by atoms with Crippen LogP contribution in [0.3, 0.4) is 0 Å². The molecule has 0 bridgehead atoms. The maximum atomic E-state index is 2.56. The molecule has 2 aliphatic carbocycles. The summed E-state index contributed by atoms with van der Waals surface area (Å²) in [5.41, 5.74) is 14.3. The van der Waals surface area contributed by atoms with Crippen LogP contribution in [-0.2, 0) is 0 Å². The maximum Gasteiger partial charge on any atom is 0.0632 e. The van der Waals surface area contributed by atoms with Crippen molar-refractivity contribution in [3.8, 4) is 0 Å². The fraction of sp³-hybridized carbons (Fsp3) is 0. The number of nitrogens with zero attached hydrogens (tertiary/aromatic N) is 1. The lowest BCUT2D eigenvalue weighted by atomic mass is 9.87. The van der Waals surface area contributed by atoms with Gasteiger partial charge in [0, 0.05) is 27.5 Å². The van der Waals surface area contributed by atoms with Gasteiger partial charge < -0.3 is 4.57 Å². The van der Waals surface area contributed by atoms with Gasteiger partial charge in [0.25, 0.3) is 0 Å². The number of hydrogen-bond acceptors (Lipinski definition) is 0. The highest BCUT2D eigenvalue weighted by Gasteiger charge is 2.40. The molecule has 0 atom stereocenters. The van der Waals surface area contributed by atoms with Crippen LogP contribution in [0.2, 0.25) is 0 Å². The summed E-state index contributed by atoms with van der Waals surface area (Å²) in [6, 6.07) is 60.6. The van der Waals surface area contributed by atoms with E-state index in [0.717, 1.165) is 0 Å². The summed E-state index contributed by atoms with van der Waals surface area (Å²) in [5, 5.41) is 10.2. The van der Waals surface area contributed by atoms with Crippen LogP contribution in [0, 0.1) is 0 Å². The summed E-state index contributed by atoms with van der Waals surface area (Å²) in [6.45, 7) is 0. The molecule has 0 fully saturated rings. The first kappa shape index (κ1) is 25.1. The van der Waals surface area contributed by atoms with Gasteiger partial charge in [0.1, 0.15) is 0 Å². The minimum absolute atomic E-state index is 1.23. The largest absolute Gasteiger partial charge is 0.308 e. The van der Waals surface area contributed by atoms with E-state index in [1.54, 1.807) is 0 Å². The highest BCUT2D eigenvalue weighted by Crippen LogP contribution is 2.61. The molecular formula is C46H27N. The summed E-state index contributed by atoms with van der Waals surface area (Å²) in [5.74, 6) is 0.